The fourth-order valence-electron chi connectivity index (χ4n) is 2.08. The van der Waals surface area contributed by atoms with Crippen molar-refractivity contribution in [2.75, 3.05) is 0 Å². The van der Waals surface area contributed by atoms with Crippen molar-refractivity contribution in [2.45, 2.75) is 12.7 Å². The highest BCUT2D eigenvalue weighted by atomic mass is 19.4. The molecule has 3 aromatic rings. The molecule has 1 amide bonds. The summed E-state index contributed by atoms with van der Waals surface area (Å²) in [6, 6.07) is 8.80. The lowest BCUT2D eigenvalue weighted by Gasteiger charge is -2.04. The maximum absolute atomic E-state index is 12.3. The molecule has 2 aromatic heterocycles. The second kappa shape index (κ2) is 7.32. The van der Waals surface area contributed by atoms with Gasteiger partial charge in [0.2, 0.25) is 0 Å². The molecule has 0 aliphatic heterocycles. The second-order valence-corrected chi connectivity index (χ2v) is 5.38. The molecule has 2 heterocycles. The van der Waals surface area contributed by atoms with E-state index in [1.165, 1.54) is 24.3 Å². The zero-order chi connectivity index (χ0) is 19.4. The highest BCUT2D eigenvalue weighted by Gasteiger charge is 2.28. The number of carbonyl (C=O) groups excluding carboxylic acids is 1. The first-order chi connectivity index (χ1) is 12.8. The van der Waals surface area contributed by atoms with Crippen LogP contribution in [0, 0.1) is 0 Å². The molecule has 0 atom stereocenters. The number of aromatic hydroxyl groups is 1. The van der Waals surface area contributed by atoms with Crippen molar-refractivity contribution < 1.29 is 27.6 Å². The molecule has 3 rings (SSSR count). The summed E-state index contributed by atoms with van der Waals surface area (Å²) < 4.78 is 42.6. The number of phenolic OH excluding ortho intramolecular Hbond substituents is 1. The number of nitrogens with one attached hydrogen (secondary N) is 1. The van der Waals surface area contributed by atoms with E-state index in [0.29, 0.717) is 16.0 Å². The highest BCUT2D eigenvalue weighted by Crippen LogP contribution is 2.22. The fraction of sp³-hybridized carbons (Fsp3) is 0.125. The number of amides is 1. The van der Waals surface area contributed by atoms with Crippen LogP contribution in [0.4, 0.5) is 13.2 Å². The molecule has 0 spiro atoms. The molecule has 0 saturated heterocycles. The van der Waals surface area contributed by atoms with Crippen LogP contribution in [0.15, 0.2) is 52.2 Å². The molecule has 0 bridgehead atoms. The van der Waals surface area contributed by atoms with Crippen LogP contribution in [0.25, 0.3) is 11.3 Å². The van der Waals surface area contributed by atoms with Gasteiger partial charge in [-0.2, -0.15) is 23.4 Å². The Morgan fingerprint density at radius 2 is 2.04 bits per heavy atom. The third-order valence-corrected chi connectivity index (χ3v) is 3.26. The minimum absolute atomic E-state index is 0.0437. The summed E-state index contributed by atoms with van der Waals surface area (Å²) in [6.45, 7) is -1.22. The minimum atomic E-state index is -4.38. The summed E-state index contributed by atoms with van der Waals surface area (Å²) in [6.07, 6.45) is -2.12. The van der Waals surface area contributed by atoms with Gasteiger partial charge in [0, 0.05) is 17.8 Å². The van der Waals surface area contributed by atoms with Gasteiger partial charge < -0.3 is 9.63 Å². The standard InChI is InChI=1S/C16H12F3N5O3/c17-16(18,19)9-24-6-5-11(22-24)8-20-21-15(26)13-7-14(27-23-13)10-1-3-12(25)4-2-10/h1-8,25H,9H2,(H,21,26)/b20-8+. The monoisotopic (exact) mass is 379 g/mol. The van der Waals surface area contributed by atoms with Crippen LogP contribution in [-0.2, 0) is 6.54 Å². The van der Waals surface area contributed by atoms with Crippen molar-refractivity contribution in [1.82, 2.24) is 20.4 Å². The number of hydrogen-bond donors (Lipinski definition) is 2. The zero-order valence-electron chi connectivity index (χ0n) is 13.5. The molecule has 11 heteroatoms. The van der Waals surface area contributed by atoms with Gasteiger partial charge in [0.25, 0.3) is 5.91 Å². The predicted octanol–water partition coefficient (Wildman–Crippen LogP) is 2.57. The Balaban J connectivity index is 1.59. The lowest BCUT2D eigenvalue weighted by molar-refractivity contribution is -0.142. The lowest BCUT2D eigenvalue weighted by Crippen LogP contribution is -2.19. The summed E-state index contributed by atoms with van der Waals surface area (Å²) in [7, 11) is 0. The third-order valence-electron chi connectivity index (χ3n) is 3.26. The first kappa shape index (κ1) is 18.2. The van der Waals surface area contributed by atoms with Gasteiger partial charge in [-0.25, -0.2) is 5.43 Å². The van der Waals surface area contributed by atoms with Crippen LogP contribution in [0.2, 0.25) is 0 Å². The van der Waals surface area contributed by atoms with Crippen molar-refractivity contribution >= 4 is 12.1 Å². The summed E-state index contributed by atoms with van der Waals surface area (Å²) in [4.78, 5) is 12.0. The molecule has 0 fully saturated rings. The number of benzene rings is 1. The molecule has 8 nitrogen and oxygen atoms in total. The number of hydrazone groups is 1. The number of phenols is 1. The largest absolute Gasteiger partial charge is 0.508 e. The van der Waals surface area contributed by atoms with Gasteiger partial charge in [0.1, 0.15) is 18.0 Å². The number of alkyl halides is 3. The van der Waals surface area contributed by atoms with E-state index in [9.17, 15) is 23.1 Å². The molecule has 0 aliphatic carbocycles. The molecule has 27 heavy (non-hydrogen) atoms. The van der Waals surface area contributed by atoms with E-state index in [0.717, 1.165) is 12.4 Å². The van der Waals surface area contributed by atoms with Gasteiger partial charge in [-0.15, -0.1) is 0 Å². The number of rotatable bonds is 5. The summed E-state index contributed by atoms with van der Waals surface area (Å²) >= 11 is 0. The van der Waals surface area contributed by atoms with Crippen LogP contribution in [0.5, 0.6) is 5.75 Å². The van der Waals surface area contributed by atoms with E-state index < -0.39 is 18.6 Å². The smallest absolute Gasteiger partial charge is 0.408 e. The Labute approximate surface area is 149 Å². The molecule has 0 unspecified atom stereocenters. The summed E-state index contributed by atoms with van der Waals surface area (Å²) in [5.74, 6) is -0.270. The topological polar surface area (TPSA) is 106 Å². The van der Waals surface area contributed by atoms with E-state index >= 15 is 0 Å². The van der Waals surface area contributed by atoms with Gasteiger partial charge in [-0.05, 0) is 30.3 Å². The Kier molecular flexibility index (Phi) is 4.92. The first-order valence-corrected chi connectivity index (χ1v) is 7.50. The normalized spacial score (nSPS) is 11.8. The summed E-state index contributed by atoms with van der Waals surface area (Å²) in [5, 5.41) is 20.2. The number of hydrogen-bond acceptors (Lipinski definition) is 6. The summed E-state index contributed by atoms with van der Waals surface area (Å²) in [5.41, 5.74) is 2.88. The average Bonchev–Trinajstić information content (AvgIpc) is 3.24. The maximum Gasteiger partial charge on any atom is 0.408 e. The zero-order valence-corrected chi connectivity index (χ0v) is 13.5. The van der Waals surface area contributed by atoms with Crippen LogP contribution >= 0.6 is 0 Å². The van der Waals surface area contributed by atoms with Gasteiger partial charge >= 0.3 is 6.18 Å². The third kappa shape index (κ3) is 4.93. The van der Waals surface area contributed by atoms with Gasteiger partial charge in [0.15, 0.2) is 11.5 Å². The molecular weight excluding hydrogens is 367 g/mol. The number of nitrogens with zero attached hydrogens (tertiary/aromatic N) is 4. The Morgan fingerprint density at radius 3 is 2.74 bits per heavy atom. The van der Waals surface area contributed by atoms with Crippen molar-refractivity contribution in [3.8, 4) is 17.1 Å². The van der Waals surface area contributed by atoms with E-state index in [1.54, 1.807) is 12.1 Å². The van der Waals surface area contributed by atoms with Crippen molar-refractivity contribution in [3.63, 3.8) is 0 Å². The molecule has 140 valence electrons. The van der Waals surface area contributed by atoms with E-state index in [1.807, 2.05) is 0 Å². The van der Waals surface area contributed by atoms with Crippen LogP contribution < -0.4 is 5.43 Å². The molecule has 0 radical (unpaired) electrons. The van der Waals surface area contributed by atoms with E-state index in [-0.39, 0.29) is 17.1 Å². The fourth-order valence-corrected chi connectivity index (χ4v) is 2.08. The quantitative estimate of drug-likeness (QED) is 0.524. The van der Waals surface area contributed by atoms with Crippen molar-refractivity contribution in [2.24, 2.45) is 5.10 Å². The Morgan fingerprint density at radius 1 is 1.30 bits per heavy atom. The van der Waals surface area contributed by atoms with Crippen LogP contribution in [0.3, 0.4) is 0 Å². The first-order valence-electron chi connectivity index (χ1n) is 7.50. The lowest BCUT2D eigenvalue weighted by atomic mass is 10.1. The molecule has 0 aliphatic rings. The number of aromatic nitrogens is 3. The number of halogens is 3. The highest BCUT2D eigenvalue weighted by molar-refractivity contribution is 5.93. The van der Waals surface area contributed by atoms with Crippen molar-refractivity contribution in [1.29, 1.82) is 0 Å². The second-order valence-electron chi connectivity index (χ2n) is 5.38. The Hall–Kier alpha value is -3.63. The van der Waals surface area contributed by atoms with Gasteiger partial charge in [-0.1, -0.05) is 5.16 Å². The predicted molar refractivity (Wildman–Crippen MR) is 86.9 cm³/mol. The maximum atomic E-state index is 12.3. The molecule has 1 aromatic carbocycles. The van der Waals surface area contributed by atoms with Crippen LogP contribution in [-0.4, -0.2) is 38.3 Å². The van der Waals surface area contributed by atoms with E-state index in [2.05, 4.69) is 20.8 Å². The van der Waals surface area contributed by atoms with Gasteiger partial charge in [-0.3, -0.25) is 9.48 Å². The number of carbonyl (C=O) groups is 1. The van der Waals surface area contributed by atoms with Crippen LogP contribution in [0.1, 0.15) is 16.2 Å². The van der Waals surface area contributed by atoms with Crippen molar-refractivity contribution in [3.05, 3.63) is 54.0 Å². The molecular formula is C16H12F3N5O3. The Bertz CT molecular complexity index is 960. The molecule has 0 saturated carbocycles. The van der Waals surface area contributed by atoms with E-state index in [4.69, 9.17) is 4.52 Å². The average molecular weight is 379 g/mol. The molecule has 2 N–H and O–H groups in total. The SMILES string of the molecule is O=C(N/N=C/c1ccn(CC(F)(F)F)n1)c1cc(-c2ccc(O)cc2)on1. The minimum Gasteiger partial charge on any atom is -0.508 e. The van der Waals surface area contributed by atoms with Gasteiger partial charge in [0.05, 0.1) is 6.21 Å².